The summed E-state index contributed by atoms with van der Waals surface area (Å²) in [7, 11) is -9.74. The van der Waals surface area contributed by atoms with Crippen LogP contribution in [0.1, 0.15) is 0 Å². The third-order valence-electron chi connectivity index (χ3n) is 1.97. The molecule has 0 spiro atoms. The Kier molecular flexibility index (Phi) is 5.04. The number of phosphoric acid groups is 2. The summed E-state index contributed by atoms with van der Waals surface area (Å²) < 4.78 is 33.6. The molecule has 108 valence electrons. The van der Waals surface area contributed by atoms with Crippen LogP contribution >= 0.6 is 15.6 Å². The van der Waals surface area contributed by atoms with Crippen molar-refractivity contribution in [1.29, 1.82) is 0 Å². The van der Waals surface area contributed by atoms with Crippen LogP contribution in [-0.2, 0) is 22.9 Å². The lowest BCUT2D eigenvalue weighted by Gasteiger charge is -2.15. The van der Waals surface area contributed by atoms with Crippen molar-refractivity contribution in [3.63, 3.8) is 0 Å². The molecule has 6 N–H and O–H groups in total. The Morgan fingerprint density at radius 3 is 2.00 bits per heavy atom. The monoisotopic (exact) mass is 310 g/mol. The number of rotatable bonds is 5. The topological polar surface area (TPSA) is 183 Å². The van der Waals surface area contributed by atoms with Gasteiger partial charge in [0.05, 0.1) is 6.61 Å². The molecule has 0 saturated carbocycles. The van der Waals surface area contributed by atoms with Crippen LogP contribution in [0.3, 0.4) is 0 Å². The van der Waals surface area contributed by atoms with Crippen molar-refractivity contribution >= 4 is 15.6 Å². The molecule has 0 aromatic rings. The van der Waals surface area contributed by atoms with Crippen LogP contribution in [0, 0.1) is 0 Å². The fourth-order valence-corrected chi connectivity index (χ4v) is 2.03. The van der Waals surface area contributed by atoms with E-state index in [4.69, 9.17) is 19.6 Å². The van der Waals surface area contributed by atoms with E-state index in [9.17, 15) is 19.3 Å². The fourth-order valence-electron chi connectivity index (χ4n) is 1.25. The Morgan fingerprint density at radius 2 is 1.56 bits per heavy atom. The van der Waals surface area contributed by atoms with E-state index in [0.717, 1.165) is 0 Å². The highest BCUT2D eigenvalue weighted by molar-refractivity contribution is 7.46. The maximum absolute atomic E-state index is 10.5. The van der Waals surface area contributed by atoms with Gasteiger partial charge in [0.15, 0.2) is 6.29 Å². The van der Waals surface area contributed by atoms with Crippen LogP contribution in [0.15, 0.2) is 0 Å². The maximum Gasteiger partial charge on any atom is 0.472 e. The van der Waals surface area contributed by atoms with Gasteiger partial charge in [0, 0.05) is 0 Å². The molecule has 1 aliphatic rings. The summed E-state index contributed by atoms with van der Waals surface area (Å²) in [6, 6.07) is 0. The largest absolute Gasteiger partial charge is 0.472 e. The van der Waals surface area contributed by atoms with Crippen LogP contribution in [-0.4, -0.2) is 61.0 Å². The summed E-state index contributed by atoms with van der Waals surface area (Å²) in [6.45, 7) is -0.788. The third-order valence-corrected chi connectivity index (χ3v) is 2.93. The van der Waals surface area contributed by atoms with Crippen molar-refractivity contribution in [2.75, 3.05) is 6.61 Å². The molecule has 1 fully saturated rings. The highest BCUT2D eigenvalue weighted by atomic mass is 31.2. The highest BCUT2D eigenvalue weighted by Crippen LogP contribution is 2.42. The van der Waals surface area contributed by atoms with Crippen molar-refractivity contribution in [2.45, 2.75) is 24.6 Å². The third kappa shape index (κ3) is 5.00. The molecular weight excluding hydrogens is 298 g/mol. The van der Waals surface area contributed by atoms with E-state index in [1.807, 2.05) is 0 Å². The van der Waals surface area contributed by atoms with Crippen LogP contribution < -0.4 is 0 Å². The minimum atomic E-state index is -4.95. The second-order valence-corrected chi connectivity index (χ2v) is 5.84. The standard InChI is InChI=1S/C5H12O11P2/c6-3-2(1-14-17(8,9)10)15-5(4(3)7)16-18(11,12)13/h2-7H,1H2,(H2,8,9,10)(H2,11,12,13). The number of aliphatic hydroxyl groups excluding tert-OH is 2. The number of hydrogen-bond acceptors (Lipinski definition) is 7. The Balaban J connectivity index is 2.59. The fraction of sp³-hybridized carbons (Fsp3) is 1.00. The first kappa shape index (κ1) is 16.2. The zero-order chi connectivity index (χ0) is 14.1. The molecule has 0 aromatic heterocycles. The van der Waals surface area contributed by atoms with Gasteiger partial charge in [-0.3, -0.25) is 9.05 Å². The summed E-state index contributed by atoms with van der Waals surface area (Å²) in [6.07, 6.45) is -6.69. The van der Waals surface area contributed by atoms with Gasteiger partial charge in [-0.15, -0.1) is 0 Å². The smallest absolute Gasteiger partial charge is 0.387 e. The van der Waals surface area contributed by atoms with E-state index < -0.39 is 46.9 Å². The summed E-state index contributed by atoms with van der Waals surface area (Å²) in [5.41, 5.74) is 0. The molecule has 1 saturated heterocycles. The quantitative estimate of drug-likeness (QED) is 0.299. The van der Waals surface area contributed by atoms with Crippen LogP contribution in [0.5, 0.6) is 0 Å². The number of hydrogen-bond donors (Lipinski definition) is 6. The average molecular weight is 310 g/mol. The molecule has 13 heteroatoms. The van der Waals surface area contributed by atoms with Gasteiger partial charge >= 0.3 is 15.6 Å². The molecule has 4 atom stereocenters. The molecule has 1 rings (SSSR count). The number of ether oxygens (including phenoxy) is 1. The van der Waals surface area contributed by atoms with Crippen LogP contribution in [0.4, 0.5) is 0 Å². The van der Waals surface area contributed by atoms with Gasteiger partial charge in [0.25, 0.3) is 0 Å². The summed E-state index contributed by atoms with van der Waals surface area (Å²) in [5.74, 6) is 0. The number of phosphoric ester groups is 2. The molecule has 0 bridgehead atoms. The molecule has 11 nitrogen and oxygen atoms in total. The van der Waals surface area contributed by atoms with Crippen LogP contribution in [0.2, 0.25) is 0 Å². The lowest BCUT2D eigenvalue weighted by atomic mass is 10.1. The normalized spacial score (nSPS) is 33.9. The lowest BCUT2D eigenvalue weighted by Crippen LogP contribution is -2.34. The molecule has 18 heavy (non-hydrogen) atoms. The predicted octanol–water partition coefficient (Wildman–Crippen LogP) is -2.35. The van der Waals surface area contributed by atoms with E-state index in [1.165, 1.54) is 0 Å². The lowest BCUT2D eigenvalue weighted by molar-refractivity contribution is -0.125. The molecule has 0 aliphatic carbocycles. The maximum atomic E-state index is 10.5. The predicted molar refractivity (Wildman–Crippen MR) is 51.8 cm³/mol. The minimum absolute atomic E-state index is 0.788. The summed E-state index contributed by atoms with van der Waals surface area (Å²) in [5, 5.41) is 18.7. The SMILES string of the molecule is O=P(O)(O)OCC1OC(OP(=O)(O)O)C(O)C1O. The number of aliphatic hydroxyl groups is 2. The first-order chi connectivity index (χ1) is 7.99. The molecule has 0 aromatic carbocycles. The first-order valence-electron chi connectivity index (χ1n) is 4.45. The zero-order valence-electron chi connectivity index (χ0n) is 8.64. The minimum Gasteiger partial charge on any atom is -0.387 e. The molecule has 4 unspecified atom stereocenters. The molecule has 1 heterocycles. The second kappa shape index (κ2) is 5.61. The van der Waals surface area contributed by atoms with Crippen molar-refractivity contribution in [2.24, 2.45) is 0 Å². The van der Waals surface area contributed by atoms with Crippen LogP contribution in [0.25, 0.3) is 0 Å². The van der Waals surface area contributed by atoms with E-state index in [1.54, 1.807) is 0 Å². The Bertz CT molecular complexity index is 372. The second-order valence-electron chi connectivity index (χ2n) is 3.41. The average Bonchev–Trinajstić information content (AvgIpc) is 2.40. The van der Waals surface area contributed by atoms with E-state index >= 15 is 0 Å². The van der Waals surface area contributed by atoms with Gasteiger partial charge in [-0.2, -0.15) is 0 Å². The van der Waals surface area contributed by atoms with Crippen molar-refractivity contribution in [3.05, 3.63) is 0 Å². The Labute approximate surface area is 100 Å². The molecule has 0 radical (unpaired) electrons. The summed E-state index contributed by atoms with van der Waals surface area (Å²) in [4.78, 5) is 33.8. The Morgan fingerprint density at radius 1 is 1.00 bits per heavy atom. The van der Waals surface area contributed by atoms with E-state index in [2.05, 4.69) is 13.8 Å². The zero-order valence-corrected chi connectivity index (χ0v) is 10.4. The highest BCUT2D eigenvalue weighted by Gasteiger charge is 2.46. The van der Waals surface area contributed by atoms with Gasteiger partial charge in [0.2, 0.25) is 0 Å². The van der Waals surface area contributed by atoms with Crippen molar-refractivity contribution in [1.82, 2.24) is 0 Å². The molecule has 0 amide bonds. The van der Waals surface area contributed by atoms with Gasteiger partial charge in [0.1, 0.15) is 18.3 Å². The van der Waals surface area contributed by atoms with Gasteiger partial charge in [-0.1, -0.05) is 0 Å². The van der Waals surface area contributed by atoms with Gasteiger partial charge in [-0.25, -0.2) is 9.13 Å². The summed E-state index contributed by atoms with van der Waals surface area (Å²) >= 11 is 0. The van der Waals surface area contributed by atoms with Gasteiger partial charge in [-0.05, 0) is 0 Å². The van der Waals surface area contributed by atoms with E-state index in [0.29, 0.717) is 0 Å². The van der Waals surface area contributed by atoms with Gasteiger partial charge < -0.3 is 34.5 Å². The van der Waals surface area contributed by atoms with E-state index in [-0.39, 0.29) is 0 Å². The molecule has 1 aliphatic heterocycles. The van der Waals surface area contributed by atoms with Crippen molar-refractivity contribution < 1.29 is 52.7 Å². The first-order valence-corrected chi connectivity index (χ1v) is 7.51. The Hall–Kier alpha value is 0.1000. The van der Waals surface area contributed by atoms with Crippen molar-refractivity contribution in [3.8, 4) is 0 Å². The molecular formula is C5H12O11P2.